The molecule has 1 aliphatic carbocycles. The van der Waals surface area contributed by atoms with Crippen molar-refractivity contribution in [1.29, 1.82) is 0 Å². The fraction of sp³-hybridized carbons (Fsp3) is 0.438. The van der Waals surface area contributed by atoms with Crippen LogP contribution in [0.2, 0.25) is 5.02 Å². The zero-order chi connectivity index (χ0) is 15.4. The van der Waals surface area contributed by atoms with Crippen molar-refractivity contribution < 1.29 is 9.21 Å². The number of rotatable bonds is 4. The number of halogens is 1. The maximum atomic E-state index is 12.1. The van der Waals surface area contributed by atoms with Gasteiger partial charge in [-0.2, -0.15) is 0 Å². The number of aromatic nitrogens is 2. The monoisotopic (exact) mass is 319 g/mol. The summed E-state index contributed by atoms with van der Waals surface area (Å²) in [5.74, 6) is 0.962. The molecule has 0 atom stereocenters. The van der Waals surface area contributed by atoms with Crippen molar-refractivity contribution in [2.75, 3.05) is 0 Å². The lowest BCUT2D eigenvalue weighted by molar-refractivity contribution is -0.126. The predicted octanol–water partition coefficient (Wildman–Crippen LogP) is 3.59. The SMILES string of the molecule is O=C(NCc1nnc(-c2ccccc2Cl)o1)C1CCCCC1. The summed E-state index contributed by atoms with van der Waals surface area (Å²) in [4.78, 5) is 12.1. The van der Waals surface area contributed by atoms with Crippen LogP contribution in [-0.4, -0.2) is 16.1 Å². The minimum atomic E-state index is 0.0807. The molecule has 1 saturated carbocycles. The third-order valence-electron chi connectivity index (χ3n) is 3.96. The second-order valence-electron chi connectivity index (χ2n) is 5.53. The Bertz CT molecular complexity index is 650. The first-order valence-electron chi connectivity index (χ1n) is 7.59. The van der Waals surface area contributed by atoms with Crippen molar-refractivity contribution in [2.45, 2.75) is 38.6 Å². The smallest absolute Gasteiger partial charge is 0.249 e. The summed E-state index contributed by atoms with van der Waals surface area (Å²) in [5.41, 5.74) is 0.696. The van der Waals surface area contributed by atoms with Crippen molar-refractivity contribution in [3.63, 3.8) is 0 Å². The van der Waals surface area contributed by atoms with Crippen molar-refractivity contribution in [3.05, 3.63) is 35.2 Å². The van der Waals surface area contributed by atoms with Crippen LogP contribution in [0.3, 0.4) is 0 Å². The van der Waals surface area contributed by atoms with Crippen LogP contribution in [0, 0.1) is 5.92 Å². The van der Waals surface area contributed by atoms with E-state index in [2.05, 4.69) is 15.5 Å². The van der Waals surface area contributed by atoms with Crippen LogP contribution in [0.15, 0.2) is 28.7 Å². The van der Waals surface area contributed by atoms with Crippen LogP contribution in [0.5, 0.6) is 0 Å². The second-order valence-corrected chi connectivity index (χ2v) is 5.94. The van der Waals surface area contributed by atoms with E-state index in [9.17, 15) is 4.79 Å². The molecule has 0 spiro atoms. The number of hydrogen-bond acceptors (Lipinski definition) is 4. The van der Waals surface area contributed by atoms with E-state index in [1.165, 1.54) is 6.42 Å². The van der Waals surface area contributed by atoms with Gasteiger partial charge in [-0.3, -0.25) is 4.79 Å². The fourth-order valence-electron chi connectivity index (χ4n) is 2.74. The molecule has 0 unspecified atom stereocenters. The Morgan fingerprint density at radius 2 is 2.00 bits per heavy atom. The van der Waals surface area contributed by atoms with Crippen molar-refractivity contribution >= 4 is 17.5 Å². The van der Waals surface area contributed by atoms with E-state index in [0.29, 0.717) is 22.4 Å². The summed E-state index contributed by atoms with van der Waals surface area (Å²) in [7, 11) is 0. The standard InChI is InChI=1S/C16H18ClN3O2/c17-13-9-5-4-8-12(13)16-20-19-14(22-16)10-18-15(21)11-6-2-1-3-7-11/h4-5,8-9,11H,1-3,6-7,10H2,(H,18,21). The Labute approximate surface area is 134 Å². The van der Waals surface area contributed by atoms with Crippen LogP contribution in [-0.2, 0) is 11.3 Å². The maximum Gasteiger partial charge on any atom is 0.249 e. The van der Waals surface area contributed by atoms with Gasteiger partial charge in [0.25, 0.3) is 0 Å². The lowest BCUT2D eigenvalue weighted by Gasteiger charge is -2.20. The molecule has 1 amide bonds. The van der Waals surface area contributed by atoms with E-state index in [0.717, 1.165) is 25.7 Å². The third-order valence-corrected chi connectivity index (χ3v) is 4.29. The Morgan fingerprint density at radius 3 is 2.77 bits per heavy atom. The summed E-state index contributed by atoms with van der Waals surface area (Å²) in [6, 6.07) is 7.29. The van der Waals surface area contributed by atoms with Gasteiger partial charge in [0.1, 0.15) is 0 Å². The Kier molecular flexibility index (Phi) is 4.73. The van der Waals surface area contributed by atoms with E-state index in [1.807, 2.05) is 18.2 Å². The van der Waals surface area contributed by atoms with Crippen molar-refractivity contribution in [3.8, 4) is 11.5 Å². The van der Waals surface area contributed by atoms with Gasteiger partial charge in [0.2, 0.25) is 17.7 Å². The predicted molar refractivity (Wildman–Crippen MR) is 83.2 cm³/mol. The van der Waals surface area contributed by atoms with Crippen LogP contribution >= 0.6 is 11.6 Å². The number of carbonyl (C=O) groups is 1. The summed E-state index contributed by atoms with van der Waals surface area (Å²) < 4.78 is 5.57. The molecule has 1 aromatic heterocycles. The van der Waals surface area contributed by atoms with Gasteiger partial charge in [-0.15, -0.1) is 10.2 Å². The van der Waals surface area contributed by atoms with Gasteiger partial charge in [0.05, 0.1) is 17.1 Å². The largest absolute Gasteiger partial charge is 0.419 e. The molecule has 2 aromatic rings. The van der Waals surface area contributed by atoms with E-state index in [4.69, 9.17) is 16.0 Å². The topological polar surface area (TPSA) is 68.0 Å². The molecule has 6 heteroatoms. The molecule has 5 nitrogen and oxygen atoms in total. The van der Waals surface area contributed by atoms with Gasteiger partial charge in [0.15, 0.2) is 0 Å². The molecule has 1 N–H and O–H groups in total. The number of amides is 1. The van der Waals surface area contributed by atoms with Crippen molar-refractivity contribution in [2.24, 2.45) is 5.92 Å². The molecular formula is C16H18ClN3O2. The van der Waals surface area contributed by atoms with Crippen LogP contribution in [0.4, 0.5) is 0 Å². The summed E-state index contributed by atoms with van der Waals surface area (Å²) in [5, 5.41) is 11.4. The minimum Gasteiger partial charge on any atom is -0.419 e. The van der Waals surface area contributed by atoms with Gasteiger partial charge in [-0.25, -0.2) is 0 Å². The number of benzene rings is 1. The van der Waals surface area contributed by atoms with Gasteiger partial charge in [0, 0.05) is 5.92 Å². The molecule has 22 heavy (non-hydrogen) atoms. The zero-order valence-electron chi connectivity index (χ0n) is 12.2. The Morgan fingerprint density at radius 1 is 1.23 bits per heavy atom. The molecule has 1 aliphatic rings. The third kappa shape index (κ3) is 3.47. The molecule has 1 heterocycles. The van der Waals surface area contributed by atoms with E-state index in [-0.39, 0.29) is 18.4 Å². The number of nitrogens with one attached hydrogen (secondary N) is 1. The maximum absolute atomic E-state index is 12.1. The lowest BCUT2D eigenvalue weighted by Crippen LogP contribution is -2.31. The summed E-state index contributed by atoms with van der Waals surface area (Å²) in [6.07, 6.45) is 5.44. The minimum absolute atomic E-state index is 0.0807. The molecular weight excluding hydrogens is 302 g/mol. The summed E-state index contributed by atoms with van der Waals surface area (Å²) >= 11 is 6.10. The molecule has 1 aromatic carbocycles. The molecule has 0 saturated heterocycles. The van der Waals surface area contributed by atoms with Crippen LogP contribution in [0.1, 0.15) is 38.0 Å². The normalized spacial score (nSPS) is 15.7. The van der Waals surface area contributed by atoms with Crippen LogP contribution in [0.25, 0.3) is 11.5 Å². The quantitative estimate of drug-likeness (QED) is 0.935. The van der Waals surface area contributed by atoms with Gasteiger partial charge < -0.3 is 9.73 Å². The highest BCUT2D eigenvalue weighted by Gasteiger charge is 2.21. The van der Waals surface area contributed by atoms with E-state index in [1.54, 1.807) is 6.07 Å². The van der Waals surface area contributed by atoms with Gasteiger partial charge >= 0.3 is 0 Å². The Hall–Kier alpha value is -1.88. The van der Waals surface area contributed by atoms with Gasteiger partial charge in [-0.05, 0) is 25.0 Å². The molecule has 3 rings (SSSR count). The van der Waals surface area contributed by atoms with E-state index < -0.39 is 0 Å². The first-order valence-corrected chi connectivity index (χ1v) is 7.97. The number of nitrogens with zero attached hydrogens (tertiary/aromatic N) is 2. The lowest BCUT2D eigenvalue weighted by atomic mass is 9.89. The first kappa shape index (κ1) is 15.0. The van der Waals surface area contributed by atoms with Gasteiger partial charge in [-0.1, -0.05) is 43.0 Å². The highest BCUT2D eigenvalue weighted by atomic mass is 35.5. The highest BCUT2D eigenvalue weighted by molar-refractivity contribution is 6.33. The first-order chi connectivity index (χ1) is 10.7. The average Bonchev–Trinajstić information content (AvgIpc) is 3.02. The zero-order valence-corrected chi connectivity index (χ0v) is 13.0. The molecule has 0 radical (unpaired) electrons. The van der Waals surface area contributed by atoms with Crippen LogP contribution < -0.4 is 5.32 Å². The molecule has 0 bridgehead atoms. The highest BCUT2D eigenvalue weighted by Crippen LogP contribution is 2.26. The second kappa shape index (κ2) is 6.92. The molecule has 1 fully saturated rings. The number of hydrogen-bond donors (Lipinski definition) is 1. The Balaban J connectivity index is 1.60. The number of carbonyl (C=O) groups excluding carboxylic acids is 1. The van der Waals surface area contributed by atoms with Crippen molar-refractivity contribution in [1.82, 2.24) is 15.5 Å². The molecule has 116 valence electrons. The molecule has 0 aliphatic heterocycles. The fourth-order valence-corrected chi connectivity index (χ4v) is 2.96. The van der Waals surface area contributed by atoms with E-state index >= 15 is 0 Å². The summed E-state index contributed by atoms with van der Waals surface area (Å²) in [6.45, 7) is 0.257. The average molecular weight is 320 g/mol.